The summed E-state index contributed by atoms with van der Waals surface area (Å²) in [5.74, 6) is -1.51. The zero-order valence-corrected chi connectivity index (χ0v) is 17.3. The summed E-state index contributed by atoms with van der Waals surface area (Å²) in [6, 6.07) is 8.64. The second-order valence-electron chi connectivity index (χ2n) is 7.37. The first kappa shape index (κ1) is 22.3. The Balaban J connectivity index is 1.58. The first-order valence-corrected chi connectivity index (χ1v) is 9.92. The van der Waals surface area contributed by atoms with Gasteiger partial charge < -0.3 is 19.3 Å². The lowest BCUT2D eigenvalue weighted by molar-refractivity contribution is -0.139. The van der Waals surface area contributed by atoms with E-state index in [2.05, 4.69) is 10.1 Å². The van der Waals surface area contributed by atoms with E-state index < -0.39 is 17.7 Å². The highest BCUT2D eigenvalue weighted by Crippen LogP contribution is 2.39. The molecule has 3 aromatic rings. The SMILES string of the molecule is COc1ccc(-c2nc(-c3ccc4c(c3)CCN4C(=O)CCC(=O)O)no2)cc1C(F)(F)F. The molecule has 0 radical (unpaired) electrons. The number of carbonyl (C=O) groups excluding carboxylic acids is 1. The molecule has 0 atom stereocenters. The van der Waals surface area contributed by atoms with Crippen LogP contribution in [-0.2, 0) is 22.2 Å². The lowest BCUT2D eigenvalue weighted by Gasteiger charge is -2.17. The smallest absolute Gasteiger partial charge is 0.419 e. The van der Waals surface area contributed by atoms with Gasteiger partial charge in [-0.15, -0.1) is 0 Å². The number of methoxy groups -OCH3 is 1. The number of benzene rings is 2. The number of aromatic nitrogens is 2. The molecule has 33 heavy (non-hydrogen) atoms. The van der Waals surface area contributed by atoms with E-state index in [1.807, 2.05) is 0 Å². The Morgan fingerprint density at radius 1 is 1.15 bits per heavy atom. The number of carbonyl (C=O) groups is 2. The molecule has 1 aliphatic heterocycles. The fourth-order valence-electron chi connectivity index (χ4n) is 3.67. The zero-order chi connectivity index (χ0) is 23.8. The molecule has 1 aliphatic rings. The summed E-state index contributed by atoms with van der Waals surface area (Å²) in [6.07, 6.45) is -4.37. The third-order valence-corrected chi connectivity index (χ3v) is 5.26. The minimum absolute atomic E-state index is 0.0795. The molecule has 0 spiro atoms. The van der Waals surface area contributed by atoms with Crippen LogP contribution in [0.5, 0.6) is 5.75 Å². The van der Waals surface area contributed by atoms with Gasteiger partial charge in [0.25, 0.3) is 5.89 Å². The van der Waals surface area contributed by atoms with Crippen molar-refractivity contribution in [2.75, 3.05) is 18.6 Å². The van der Waals surface area contributed by atoms with Gasteiger partial charge in [-0.1, -0.05) is 5.16 Å². The van der Waals surface area contributed by atoms with E-state index in [0.29, 0.717) is 24.2 Å². The Bertz CT molecular complexity index is 1220. The van der Waals surface area contributed by atoms with Gasteiger partial charge in [-0.25, -0.2) is 0 Å². The molecule has 11 heteroatoms. The van der Waals surface area contributed by atoms with Crippen molar-refractivity contribution in [1.82, 2.24) is 10.1 Å². The summed E-state index contributed by atoms with van der Waals surface area (Å²) >= 11 is 0. The van der Waals surface area contributed by atoms with E-state index in [0.717, 1.165) is 18.7 Å². The van der Waals surface area contributed by atoms with Crippen LogP contribution < -0.4 is 9.64 Å². The van der Waals surface area contributed by atoms with Crippen LogP contribution >= 0.6 is 0 Å². The first-order chi connectivity index (χ1) is 15.7. The number of halogens is 3. The van der Waals surface area contributed by atoms with Gasteiger partial charge >= 0.3 is 12.1 Å². The second kappa shape index (κ2) is 8.57. The van der Waals surface area contributed by atoms with E-state index >= 15 is 0 Å². The third-order valence-electron chi connectivity index (χ3n) is 5.26. The average molecular weight is 461 g/mol. The molecule has 2 aromatic carbocycles. The average Bonchev–Trinajstić information content (AvgIpc) is 3.43. The lowest BCUT2D eigenvalue weighted by Crippen LogP contribution is -2.29. The van der Waals surface area contributed by atoms with Crippen LogP contribution in [0.1, 0.15) is 24.0 Å². The van der Waals surface area contributed by atoms with Crippen molar-refractivity contribution in [1.29, 1.82) is 0 Å². The maximum absolute atomic E-state index is 13.3. The van der Waals surface area contributed by atoms with Gasteiger partial charge in [-0.3, -0.25) is 9.59 Å². The van der Waals surface area contributed by atoms with Crippen LogP contribution in [0.15, 0.2) is 40.9 Å². The highest BCUT2D eigenvalue weighted by molar-refractivity contribution is 5.97. The number of alkyl halides is 3. The summed E-state index contributed by atoms with van der Waals surface area (Å²) in [7, 11) is 1.16. The normalized spacial score (nSPS) is 13.2. The van der Waals surface area contributed by atoms with Crippen molar-refractivity contribution < 1.29 is 37.1 Å². The molecule has 0 aliphatic carbocycles. The van der Waals surface area contributed by atoms with E-state index in [1.165, 1.54) is 12.1 Å². The third kappa shape index (κ3) is 4.52. The van der Waals surface area contributed by atoms with Crippen molar-refractivity contribution in [2.24, 2.45) is 0 Å². The van der Waals surface area contributed by atoms with Gasteiger partial charge in [0.05, 0.1) is 19.1 Å². The largest absolute Gasteiger partial charge is 0.496 e. The predicted molar refractivity (Wildman–Crippen MR) is 110 cm³/mol. The fourth-order valence-corrected chi connectivity index (χ4v) is 3.67. The van der Waals surface area contributed by atoms with Crippen LogP contribution in [0, 0.1) is 0 Å². The van der Waals surface area contributed by atoms with Crippen molar-refractivity contribution >= 4 is 17.6 Å². The van der Waals surface area contributed by atoms with Gasteiger partial charge in [0, 0.05) is 29.8 Å². The zero-order valence-electron chi connectivity index (χ0n) is 17.3. The van der Waals surface area contributed by atoms with Crippen LogP contribution in [0.2, 0.25) is 0 Å². The molecule has 172 valence electrons. The van der Waals surface area contributed by atoms with E-state index in [4.69, 9.17) is 14.4 Å². The second-order valence-corrected chi connectivity index (χ2v) is 7.37. The van der Waals surface area contributed by atoms with Crippen LogP contribution in [-0.4, -0.2) is 40.8 Å². The fraction of sp³-hybridized carbons (Fsp3) is 0.273. The topological polar surface area (TPSA) is 106 Å². The molecule has 2 heterocycles. The van der Waals surface area contributed by atoms with Crippen molar-refractivity contribution in [3.8, 4) is 28.6 Å². The molecule has 1 N–H and O–H groups in total. The number of carboxylic acids is 1. The Labute approximate surface area is 185 Å². The minimum atomic E-state index is -4.61. The van der Waals surface area contributed by atoms with Crippen molar-refractivity contribution in [3.63, 3.8) is 0 Å². The maximum Gasteiger partial charge on any atom is 0.419 e. The van der Waals surface area contributed by atoms with Gasteiger partial charge in [-0.05, 0) is 48.4 Å². The number of amides is 1. The Morgan fingerprint density at radius 3 is 2.61 bits per heavy atom. The molecule has 0 bridgehead atoms. The molecule has 8 nitrogen and oxygen atoms in total. The van der Waals surface area contributed by atoms with E-state index in [-0.39, 0.29) is 41.8 Å². The minimum Gasteiger partial charge on any atom is -0.496 e. The van der Waals surface area contributed by atoms with Gasteiger partial charge in [-0.2, -0.15) is 18.2 Å². The maximum atomic E-state index is 13.3. The lowest BCUT2D eigenvalue weighted by atomic mass is 10.1. The molecular weight excluding hydrogens is 443 g/mol. The van der Waals surface area contributed by atoms with Gasteiger partial charge in [0.15, 0.2) is 0 Å². The highest BCUT2D eigenvalue weighted by atomic mass is 19.4. The molecular formula is C22H18F3N3O5. The number of anilines is 1. The summed E-state index contributed by atoms with van der Waals surface area (Å²) in [5, 5.41) is 12.7. The van der Waals surface area contributed by atoms with Crippen LogP contribution in [0.25, 0.3) is 22.8 Å². The Hall–Kier alpha value is -3.89. The quantitative estimate of drug-likeness (QED) is 0.587. The number of ether oxygens (including phenoxy) is 1. The molecule has 1 amide bonds. The number of carboxylic acid groups (broad SMARTS) is 1. The number of fused-ring (bicyclic) bond motifs is 1. The molecule has 0 saturated heterocycles. The van der Waals surface area contributed by atoms with Crippen LogP contribution in [0.4, 0.5) is 18.9 Å². The van der Waals surface area contributed by atoms with Crippen molar-refractivity contribution in [3.05, 3.63) is 47.5 Å². The predicted octanol–water partition coefficient (Wildman–Crippen LogP) is 4.18. The Morgan fingerprint density at radius 2 is 1.91 bits per heavy atom. The number of rotatable bonds is 6. The molecule has 0 saturated carbocycles. The standard InChI is InChI=1S/C22H18F3N3O5/c1-32-17-5-3-14(11-15(17)22(23,24)25)21-26-20(27-33-21)13-2-4-16-12(10-13)8-9-28(16)18(29)6-7-19(30)31/h2-5,10-11H,6-9H2,1H3,(H,30,31). The van der Waals surface area contributed by atoms with E-state index in [1.54, 1.807) is 23.1 Å². The monoisotopic (exact) mass is 461 g/mol. The summed E-state index contributed by atoms with van der Waals surface area (Å²) in [6.45, 7) is 0.431. The van der Waals surface area contributed by atoms with Crippen LogP contribution in [0.3, 0.4) is 0 Å². The molecule has 4 rings (SSSR count). The number of aliphatic carboxylic acids is 1. The summed E-state index contributed by atoms with van der Waals surface area (Å²) in [5.41, 5.74) is 1.26. The summed E-state index contributed by atoms with van der Waals surface area (Å²) in [4.78, 5) is 28.8. The Kier molecular flexibility index (Phi) is 5.79. The molecule has 0 fully saturated rings. The molecule has 1 aromatic heterocycles. The van der Waals surface area contributed by atoms with Crippen molar-refractivity contribution in [2.45, 2.75) is 25.4 Å². The van der Waals surface area contributed by atoms with E-state index in [9.17, 15) is 22.8 Å². The number of hydrogen-bond acceptors (Lipinski definition) is 6. The number of nitrogens with zero attached hydrogens (tertiary/aromatic N) is 3. The van der Waals surface area contributed by atoms with Gasteiger partial charge in [0.2, 0.25) is 11.7 Å². The summed E-state index contributed by atoms with van der Waals surface area (Å²) < 4.78 is 49.9. The first-order valence-electron chi connectivity index (χ1n) is 9.92. The highest BCUT2D eigenvalue weighted by Gasteiger charge is 2.35. The number of hydrogen-bond donors (Lipinski definition) is 1. The van der Waals surface area contributed by atoms with Gasteiger partial charge in [0.1, 0.15) is 5.75 Å². The molecule has 0 unspecified atom stereocenters.